The molecule has 0 radical (unpaired) electrons. The number of anilines is 1. The average molecular weight is 490 g/mol. The number of aromatic amines is 1. The van der Waals surface area contributed by atoms with Crippen molar-refractivity contribution in [3.8, 4) is 11.4 Å². The highest BCUT2D eigenvalue weighted by Gasteiger charge is 2.34. The van der Waals surface area contributed by atoms with Gasteiger partial charge in [0.1, 0.15) is 9.79 Å². The maximum atomic E-state index is 13.0. The van der Waals surface area contributed by atoms with Crippen LogP contribution >= 0.6 is 0 Å². The van der Waals surface area contributed by atoms with Crippen LogP contribution in [0.2, 0.25) is 0 Å². The topological polar surface area (TPSA) is 236 Å². The number of benzene rings is 1. The summed E-state index contributed by atoms with van der Waals surface area (Å²) in [5, 5.41) is 28.4. The van der Waals surface area contributed by atoms with E-state index in [0.29, 0.717) is 25.3 Å². The third-order valence-electron chi connectivity index (χ3n) is 5.23. The molecule has 1 aromatic carbocycles. The number of H-pyrrole nitrogens is 1. The third kappa shape index (κ3) is 5.22. The Morgan fingerprint density at radius 2 is 2.03 bits per heavy atom. The highest BCUT2D eigenvalue weighted by molar-refractivity contribution is 7.92. The number of hydrogen-bond donors (Lipinski definition) is 6. The summed E-state index contributed by atoms with van der Waals surface area (Å²) in [6.45, 7) is 1.01. The van der Waals surface area contributed by atoms with Gasteiger partial charge in [-0.1, -0.05) is 0 Å². The van der Waals surface area contributed by atoms with Gasteiger partial charge in [-0.2, -0.15) is 0 Å². The molecule has 0 bridgehead atoms. The van der Waals surface area contributed by atoms with Gasteiger partial charge in [0.05, 0.1) is 11.7 Å². The predicted octanol–water partition coefficient (Wildman–Crippen LogP) is -2.71. The summed E-state index contributed by atoms with van der Waals surface area (Å²) in [5.74, 6) is 0.128. The van der Waals surface area contributed by atoms with Crippen molar-refractivity contribution >= 4 is 25.7 Å². The molecule has 178 valence electrons. The number of nitrogens with two attached hydrogens (primary N) is 3. The first-order valence-electron chi connectivity index (χ1n) is 9.85. The van der Waals surface area contributed by atoms with Gasteiger partial charge in [-0.05, 0) is 47.9 Å². The lowest BCUT2D eigenvalue weighted by Crippen LogP contribution is -2.39. The van der Waals surface area contributed by atoms with E-state index in [-0.39, 0.29) is 23.9 Å². The predicted molar refractivity (Wildman–Crippen MR) is 115 cm³/mol. The molecule has 2 heterocycles. The number of aliphatic hydroxyl groups is 1. The molecular formula is C16H27N9O5S2. The van der Waals surface area contributed by atoms with Crippen molar-refractivity contribution in [2.75, 3.05) is 37.6 Å². The van der Waals surface area contributed by atoms with Crippen LogP contribution in [0.4, 0.5) is 5.69 Å². The Bertz CT molecular complexity index is 1140. The molecular weight excluding hydrogens is 462 g/mol. The molecule has 9 N–H and O–H groups in total. The van der Waals surface area contributed by atoms with Crippen molar-refractivity contribution < 1.29 is 21.9 Å². The molecule has 0 saturated carbocycles. The number of rotatable bonds is 9. The SMILES string of the molecule is NCC(O)CNS(=O)(=O)c1ccc(N2CCCC(CN)C2)c(-c2nnn[nH]2)c1S(N)(=O)=O. The fourth-order valence-electron chi connectivity index (χ4n) is 3.65. The van der Waals surface area contributed by atoms with Crippen molar-refractivity contribution in [3.63, 3.8) is 0 Å². The standard InChI is InChI=1S/C16H27N9O5S2/c17-6-10-2-1-5-25(9-10)12-3-4-13(32(29,30)20-8-11(26)7-18)15(31(19,27)28)14(12)16-21-23-24-22-16/h3-4,10-11,20,26H,1-2,5-9,17-18H2,(H2,19,27,28)(H,21,22,23,24). The summed E-state index contributed by atoms with van der Waals surface area (Å²) in [5.41, 5.74) is 11.5. The van der Waals surface area contributed by atoms with Crippen LogP contribution in [0.5, 0.6) is 0 Å². The molecule has 2 aromatic rings. The molecule has 14 nitrogen and oxygen atoms in total. The number of nitrogens with one attached hydrogen (secondary N) is 2. The fraction of sp³-hybridized carbons (Fsp3) is 0.562. The summed E-state index contributed by atoms with van der Waals surface area (Å²) < 4.78 is 53.4. The van der Waals surface area contributed by atoms with Gasteiger partial charge in [-0.3, -0.25) is 0 Å². The molecule has 1 fully saturated rings. The van der Waals surface area contributed by atoms with Gasteiger partial charge < -0.3 is 21.5 Å². The Morgan fingerprint density at radius 3 is 2.62 bits per heavy atom. The van der Waals surface area contributed by atoms with E-state index in [2.05, 4.69) is 25.3 Å². The number of aromatic nitrogens is 4. The lowest BCUT2D eigenvalue weighted by molar-refractivity contribution is 0.186. The number of sulfonamides is 2. The van der Waals surface area contributed by atoms with Crippen molar-refractivity contribution in [2.24, 2.45) is 22.5 Å². The van der Waals surface area contributed by atoms with E-state index in [9.17, 15) is 21.9 Å². The zero-order chi connectivity index (χ0) is 23.5. The van der Waals surface area contributed by atoms with Crippen molar-refractivity contribution in [2.45, 2.75) is 28.7 Å². The molecule has 2 atom stereocenters. The smallest absolute Gasteiger partial charge is 0.242 e. The number of hydrogen-bond acceptors (Lipinski definition) is 11. The third-order valence-corrected chi connectivity index (χ3v) is 7.82. The van der Waals surface area contributed by atoms with E-state index >= 15 is 0 Å². The maximum Gasteiger partial charge on any atom is 0.242 e. The van der Waals surface area contributed by atoms with Crippen LogP contribution in [0.3, 0.4) is 0 Å². The molecule has 32 heavy (non-hydrogen) atoms. The van der Waals surface area contributed by atoms with Crippen LogP contribution in [0.15, 0.2) is 21.9 Å². The maximum absolute atomic E-state index is 13.0. The molecule has 16 heteroatoms. The van der Waals surface area contributed by atoms with Crippen LogP contribution in [0.1, 0.15) is 12.8 Å². The molecule has 1 aromatic heterocycles. The highest BCUT2D eigenvalue weighted by Crippen LogP contribution is 2.39. The minimum atomic E-state index is -4.57. The molecule has 0 aliphatic carbocycles. The molecule has 1 aliphatic heterocycles. The quantitative estimate of drug-likeness (QED) is 0.212. The number of piperidine rings is 1. The monoisotopic (exact) mass is 489 g/mol. The Hall–Kier alpha value is -2.21. The zero-order valence-electron chi connectivity index (χ0n) is 17.2. The summed E-state index contributed by atoms with van der Waals surface area (Å²) >= 11 is 0. The summed E-state index contributed by atoms with van der Waals surface area (Å²) in [4.78, 5) is 0.667. The Morgan fingerprint density at radius 1 is 1.28 bits per heavy atom. The van der Waals surface area contributed by atoms with Crippen molar-refractivity contribution in [3.05, 3.63) is 12.1 Å². The molecule has 0 amide bonds. The number of aliphatic hydroxyl groups excluding tert-OH is 1. The Labute approximate surface area is 185 Å². The van der Waals surface area contributed by atoms with Crippen LogP contribution in [-0.2, 0) is 20.0 Å². The molecule has 0 spiro atoms. The zero-order valence-corrected chi connectivity index (χ0v) is 18.8. The van der Waals surface area contributed by atoms with E-state index in [1.54, 1.807) is 0 Å². The molecule has 2 unspecified atom stereocenters. The largest absolute Gasteiger partial charge is 0.390 e. The van der Waals surface area contributed by atoms with Gasteiger partial charge in [0, 0.05) is 31.9 Å². The van der Waals surface area contributed by atoms with E-state index in [1.807, 2.05) is 4.90 Å². The normalized spacial score (nSPS) is 18.6. The first-order chi connectivity index (χ1) is 15.1. The van der Waals surface area contributed by atoms with E-state index in [4.69, 9.17) is 16.6 Å². The second-order valence-corrected chi connectivity index (χ2v) is 10.7. The lowest BCUT2D eigenvalue weighted by atomic mass is 9.97. The summed E-state index contributed by atoms with van der Waals surface area (Å²) in [6, 6.07) is 2.64. The van der Waals surface area contributed by atoms with Gasteiger partial charge >= 0.3 is 0 Å². The van der Waals surface area contributed by atoms with E-state index in [1.165, 1.54) is 6.07 Å². The van der Waals surface area contributed by atoms with Gasteiger partial charge in [0.25, 0.3) is 0 Å². The first-order valence-corrected chi connectivity index (χ1v) is 12.9. The van der Waals surface area contributed by atoms with Crippen molar-refractivity contribution in [1.82, 2.24) is 25.3 Å². The van der Waals surface area contributed by atoms with Gasteiger partial charge in [0.15, 0.2) is 5.82 Å². The molecule has 1 aliphatic rings. The van der Waals surface area contributed by atoms with Crippen molar-refractivity contribution in [1.29, 1.82) is 0 Å². The number of nitrogens with zero attached hydrogens (tertiary/aromatic N) is 4. The average Bonchev–Trinajstić information content (AvgIpc) is 3.30. The van der Waals surface area contributed by atoms with Gasteiger partial charge in [-0.15, -0.1) is 5.10 Å². The van der Waals surface area contributed by atoms with E-state index < -0.39 is 42.5 Å². The first kappa shape index (κ1) is 24.4. The minimum Gasteiger partial charge on any atom is -0.390 e. The number of primary sulfonamides is 1. The highest BCUT2D eigenvalue weighted by atomic mass is 32.2. The van der Waals surface area contributed by atoms with E-state index in [0.717, 1.165) is 18.9 Å². The summed E-state index contributed by atoms with van der Waals surface area (Å²) in [7, 11) is -8.97. The van der Waals surface area contributed by atoms with Gasteiger partial charge in [0.2, 0.25) is 20.0 Å². The van der Waals surface area contributed by atoms with Gasteiger partial charge in [-0.25, -0.2) is 31.8 Å². The van der Waals surface area contributed by atoms with Crippen LogP contribution in [0.25, 0.3) is 11.4 Å². The number of tetrazole rings is 1. The Kier molecular flexibility index (Phi) is 7.43. The Balaban J connectivity index is 2.22. The second-order valence-electron chi connectivity index (χ2n) is 7.51. The van der Waals surface area contributed by atoms with Crippen LogP contribution in [-0.4, -0.2) is 81.4 Å². The fourth-order valence-corrected chi connectivity index (χ4v) is 6.32. The second kappa shape index (κ2) is 9.74. The molecule has 1 saturated heterocycles. The minimum absolute atomic E-state index is 0.0575. The summed E-state index contributed by atoms with van der Waals surface area (Å²) in [6.07, 6.45) is 0.592. The lowest BCUT2D eigenvalue weighted by Gasteiger charge is -2.35. The van der Waals surface area contributed by atoms with Crippen LogP contribution < -0.4 is 26.2 Å². The molecule has 3 rings (SSSR count). The van der Waals surface area contributed by atoms with Crippen LogP contribution in [0, 0.1) is 5.92 Å².